The number of hydrogen-bond donors (Lipinski definition) is 1. The summed E-state index contributed by atoms with van der Waals surface area (Å²) in [6.45, 7) is 15.4. The van der Waals surface area contributed by atoms with E-state index < -0.39 is 0 Å². The normalized spacial score (nSPS) is 20.5. The summed E-state index contributed by atoms with van der Waals surface area (Å²) in [7, 11) is 0. The van der Waals surface area contributed by atoms with Gasteiger partial charge in [0, 0.05) is 18.7 Å². The van der Waals surface area contributed by atoms with Crippen LogP contribution in [0.4, 0.5) is 0 Å². The Morgan fingerprint density at radius 1 is 1.06 bits per heavy atom. The molecule has 0 amide bonds. The molecule has 0 aliphatic carbocycles. The Kier molecular flexibility index (Phi) is 10.1. The molecule has 2 aliphatic rings. The maximum Gasteiger partial charge on any atom is 0.142 e. The van der Waals surface area contributed by atoms with Gasteiger partial charge < -0.3 is 14.6 Å². The zero-order valence-electron chi connectivity index (χ0n) is 23.0. The fraction of sp³-hybridized carbons (Fsp3) is 0.613. The summed E-state index contributed by atoms with van der Waals surface area (Å²) in [4.78, 5) is 2.14. The average molecular weight is 482 g/mol. The van der Waals surface area contributed by atoms with Crippen molar-refractivity contribution in [2.24, 2.45) is 0 Å². The quantitative estimate of drug-likeness (QED) is 0.334. The van der Waals surface area contributed by atoms with Crippen molar-refractivity contribution in [3.63, 3.8) is 0 Å². The van der Waals surface area contributed by atoms with E-state index in [1.807, 2.05) is 0 Å². The number of ether oxygens (including phenoxy) is 2. The van der Waals surface area contributed by atoms with Crippen molar-refractivity contribution in [3.8, 4) is 11.5 Å². The van der Waals surface area contributed by atoms with E-state index in [4.69, 9.17) is 9.47 Å². The average Bonchev–Trinajstić information content (AvgIpc) is 2.80. The van der Waals surface area contributed by atoms with Crippen molar-refractivity contribution >= 4 is 0 Å². The summed E-state index contributed by atoms with van der Waals surface area (Å²) in [6, 6.07) is 2.19. The molecule has 3 rings (SSSR count). The Labute approximate surface area is 213 Å². The van der Waals surface area contributed by atoms with Crippen LogP contribution < -0.4 is 9.47 Å². The summed E-state index contributed by atoms with van der Waals surface area (Å²) < 4.78 is 12.7. The molecule has 35 heavy (non-hydrogen) atoms. The lowest BCUT2D eigenvalue weighted by Gasteiger charge is -2.39. The smallest absolute Gasteiger partial charge is 0.142 e. The summed E-state index contributed by atoms with van der Waals surface area (Å²) >= 11 is 0. The Morgan fingerprint density at radius 3 is 2.43 bits per heavy atom. The monoisotopic (exact) mass is 481 g/mol. The van der Waals surface area contributed by atoms with Gasteiger partial charge in [0.15, 0.2) is 0 Å². The second-order valence-electron chi connectivity index (χ2n) is 11.1. The molecule has 4 heteroatoms. The molecular formula is C31H47NO3. The molecule has 2 aliphatic heterocycles. The van der Waals surface area contributed by atoms with E-state index in [1.54, 1.807) is 0 Å². The fourth-order valence-corrected chi connectivity index (χ4v) is 5.08. The van der Waals surface area contributed by atoms with Gasteiger partial charge in [-0.3, -0.25) is 4.90 Å². The van der Waals surface area contributed by atoms with E-state index in [0.29, 0.717) is 13.3 Å². The number of β-amino-alcohol motifs (C(OH)–C–C–N with tert-alkyl or cyclic N) is 1. The molecule has 0 fully saturated rings. The Morgan fingerprint density at radius 2 is 1.74 bits per heavy atom. The van der Waals surface area contributed by atoms with E-state index in [0.717, 1.165) is 63.0 Å². The first kappa shape index (κ1) is 27.5. The van der Waals surface area contributed by atoms with E-state index in [-0.39, 0.29) is 12.2 Å². The van der Waals surface area contributed by atoms with Crippen LogP contribution in [0.1, 0.15) is 96.3 Å². The van der Waals surface area contributed by atoms with Gasteiger partial charge in [0.05, 0.1) is 6.61 Å². The standard InChI is InChI=1S/C31H47NO3/c1-23(2)10-7-11-24(3)12-8-13-25(4)14-9-16-31(6)17-15-27-20-29-28(26(5)30(27)35-31)21-32(18-19-33)22-34-29/h10,12,14,20,33H,7-9,11,13,15-19,21-22H2,1-6H3. The van der Waals surface area contributed by atoms with E-state index in [9.17, 15) is 5.11 Å². The van der Waals surface area contributed by atoms with Gasteiger partial charge >= 0.3 is 0 Å². The highest BCUT2D eigenvalue weighted by molar-refractivity contribution is 5.54. The molecule has 0 radical (unpaired) electrons. The Hall–Kier alpha value is -2.04. The van der Waals surface area contributed by atoms with Gasteiger partial charge in [0.1, 0.15) is 23.8 Å². The zero-order valence-corrected chi connectivity index (χ0v) is 23.0. The first-order chi connectivity index (χ1) is 16.7. The van der Waals surface area contributed by atoms with Crippen molar-refractivity contribution in [1.29, 1.82) is 0 Å². The number of aryl methyl sites for hydroxylation is 1. The van der Waals surface area contributed by atoms with Crippen LogP contribution in [0, 0.1) is 6.92 Å². The molecule has 0 saturated heterocycles. The van der Waals surface area contributed by atoms with Crippen LogP contribution in [0.25, 0.3) is 0 Å². The van der Waals surface area contributed by atoms with Crippen LogP contribution in [-0.2, 0) is 13.0 Å². The molecule has 194 valence electrons. The van der Waals surface area contributed by atoms with Gasteiger partial charge in [-0.2, -0.15) is 0 Å². The van der Waals surface area contributed by atoms with Crippen molar-refractivity contribution < 1.29 is 14.6 Å². The van der Waals surface area contributed by atoms with Crippen LogP contribution in [0.2, 0.25) is 0 Å². The van der Waals surface area contributed by atoms with Crippen molar-refractivity contribution in [1.82, 2.24) is 4.90 Å². The molecule has 1 atom stereocenters. The maximum absolute atomic E-state index is 9.31. The van der Waals surface area contributed by atoms with E-state index in [1.165, 1.54) is 39.8 Å². The highest BCUT2D eigenvalue weighted by atomic mass is 16.5. The largest absolute Gasteiger partial charge is 0.487 e. The third-order valence-electron chi connectivity index (χ3n) is 7.45. The van der Waals surface area contributed by atoms with Gasteiger partial charge in [0.25, 0.3) is 0 Å². The predicted octanol–water partition coefficient (Wildman–Crippen LogP) is 7.42. The Balaban J connectivity index is 1.53. The van der Waals surface area contributed by atoms with Crippen LogP contribution >= 0.6 is 0 Å². The third kappa shape index (κ3) is 7.98. The number of fused-ring (bicyclic) bond motifs is 2. The highest BCUT2D eigenvalue weighted by Crippen LogP contribution is 2.43. The number of benzene rings is 1. The van der Waals surface area contributed by atoms with Gasteiger partial charge in [0.2, 0.25) is 0 Å². The molecule has 0 bridgehead atoms. The fourth-order valence-electron chi connectivity index (χ4n) is 5.08. The van der Waals surface area contributed by atoms with Gasteiger partial charge in [-0.15, -0.1) is 0 Å². The first-order valence-corrected chi connectivity index (χ1v) is 13.5. The SMILES string of the molecule is CC(C)=CCCC(C)=CCCC(C)=CCCC1(C)CCc2cc3c(c(C)c2O1)CN(CCO)CO3. The molecule has 0 spiro atoms. The predicted molar refractivity (Wildman–Crippen MR) is 146 cm³/mol. The topological polar surface area (TPSA) is 41.9 Å². The summed E-state index contributed by atoms with van der Waals surface area (Å²) in [6.07, 6.45) is 15.9. The van der Waals surface area contributed by atoms with Crippen molar-refractivity contribution in [2.45, 2.75) is 105 Å². The molecule has 2 heterocycles. The van der Waals surface area contributed by atoms with Gasteiger partial charge in [-0.05, 0) is 110 Å². The van der Waals surface area contributed by atoms with Gasteiger partial charge in [-0.1, -0.05) is 34.9 Å². The lowest BCUT2D eigenvalue weighted by atomic mass is 9.86. The molecule has 1 unspecified atom stereocenters. The molecule has 0 saturated carbocycles. The molecule has 4 nitrogen and oxygen atoms in total. The number of hydrogen-bond acceptors (Lipinski definition) is 4. The second-order valence-corrected chi connectivity index (χ2v) is 11.1. The summed E-state index contributed by atoms with van der Waals surface area (Å²) in [5.41, 5.74) is 7.92. The van der Waals surface area contributed by atoms with Crippen LogP contribution in [0.3, 0.4) is 0 Å². The molecule has 1 N–H and O–H groups in total. The number of allylic oxidation sites excluding steroid dienone is 6. The van der Waals surface area contributed by atoms with E-state index in [2.05, 4.69) is 70.7 Å². The lowest BCUT2D eigenvalue weighted by molar-refractivity contribution is 0.0528. The number of nitrogens with zero attached hydrogens (tertiary/aromatic N) is 1. The van der Waals surface area contributed by atoms with Crippen LogP contribution in [-0.4, -0.2) is 35.5 Å². The third-order valence-corrected chi connectivity index (χ3v) is 7.45. The number of rotatable bonds is 11. The summed E-state index contributed by atoms with van der Waals surface area (Å²) in [5, 5.41) is 9.31. The van der Waals surface area contributed by atoms with Gasteiger partial charge in [-0.25, -0.2) is 0 Å². The maximum atomic E-state index is 9.31. The first-order valence-electron chi connectivity index (χ1n) is 13.5. The molecular weight excluding hydrogens is 434 g/mol. The minimum atomic E-state index is -0.134. The summed E-state index contributed by atoms with van der Waals surface area (Å²) in [5.74, 6) is 2.05. The second kappa shape index (κ2) is 12.8. The van der Waals surface area contributed by atoms with Crippen LogP contribution in [0.5, 0.6) is 11.5 Å². The van der Waals surface area contributed by atoms with Crippen molar-refractivity contribution in [3.05, 3.63) is 57.7 Å². The number of aliphatic hydroxyl groups excluding tert-OH is 1. The van der Waals surface area contributed by atoms with Crippen LogP contribution in [0.15, 0.2) is 41.0 Å². The Bertz CT molecular complexity index is 954. The number of aliphatic hydroxyl groups is 1. The van der Waals surface area contributed by atoms with E-state index >= 15 is 0 Å². The lowest BCUT2D eigenvalue weighted by Crippen LogP contribution is -2.38. The highest BCUT2D eigenvalue weighted by Gasteiger charge is 2.34. The minimum absolute atomic E-state index is 0.134. The molecule has 1 aromatic carbocycles. The molecule has 0 aromatic heterocycles. The minimum Gasteiger partial charge on any atom is -0.487 e. The van der Waals surface area contributed by atoms with Crippen molar-refractivity contribution in [2.75, 3.05) is 19.9 Å². The zero-order chi connectivity index (χ0) is 25.4. The molecule has 1 aromatic rings.